The van der Waals surface area contributed by atoms with E-state index in [1.807, 2.05) is 20.0 Å². The molecule has 1 N–H and O–H groups in total. The summed E-state index contributed by atoms with van der Waals surface area (Å²) in [5.41, 5.74) is 2.75. The maximum absolute atomic E-state index is 5.74. The number of hydrogen-bond donors (Lipinski definition) is 1. The molecule has 1 unspecified atom stereocenters. The Kier molecular flexibility index (Phi) is 3.43. The number of aryl methyl sites for hydroxylation is 1. The van der Waals surface area contributed by atoms with E-state index in [-0.39, 0.29) is 6.04 Å². The minimum Gasteiger partial charge on any atom is -0.464 e. The number of hydrogen-bond acceptors (Lipinski definition) is 2. The quantitative estimate of drug-likeness (QED) is 0.887. The molecule has 0 bridgehead atoms. The summed E-state index contributed by atoms with van der Waals surface area (Å²) < 4.78 is 5.74. The summed E-state index contributed by atoms with van der Waals surface area (Å²) in [5.74, 6) is 2.74. The average molecular weight is 255 g/mol. The molecule has 3 rings (SSSR count). The van der Waals surface area contributed by atoms with Crippen LogP contribution in [0.4, 0.5) is 0 Å². The van der Waals surface area contributed by atoms with Gasteiger partial charge in [0, 0.05) is 0 Å². The average Bonchev–Trinajstić information content (AvgIpc) is 2.77. The van der Waals surface area contributed by atoms with Gasteiger partial charge in [0.2, 0.25) is 0 Å². The van der Waals surface area contributed by atoms with Crippen molar-refractivity contribution in [3.8, 4) is 0 Å². The fraction of sp³-hybridized carbons (Fsp3) is 0.412. The summed E-state index contributed by atoms with van der Waals surface area (Å²) in [6, 6.07) is 13.2. The van der Waals surface area contributed by atoms with Gasteiger partial charge in [0.15, 0.2) is 0 Å². The van der Waals surface area contributed by atoms with E-state index >= 15 is 0 Å². The molecular weight excluding hydrogens is 234 g/mol. The zero-order chi connectivity index (χ0) is 13.2. The largest absolute Gasteiger partial charge is 0.464 e. The van der Waals surface area contributed by atoms with Crippen LogP contribution in [0.1, 0.15) is 53.9 Å². The Bertz CT molecular complexity index is 537. The van der Waals surface area contributed by atoms with Gasteiger partial charge < -0.3 is 9.73 Å². The Morgan fingerprint density at radius 1 is 1.11 bits per heavy atom. The lowest BCUT2D eigenvalue weighted by Gasteiger charge is -2.26. The van der Waals surface area contributed by atoms with Gasteiger partial charge in [-0.25, -0.2) is 0 Å². The second kappa shape index (κ2) is 5.22. The molecule has 0 radical (unpaired) electrons. The van der Waals surface area contributed by atoms with Crippen molar-refractivity contribution < 1.29 is 4.42 Å². The fourth-order valence-corrected chi connectivity index (χ4v) is 2.78. The molecule has 0 spiro atoms. The van der Waals surface area contributed by atoms with E-state index in [1.54, 1.807) is 0 Å². The molecule has 0 saturated heterocycles. The normalized spacial score (nSPS) is 17.2. The SMILES string of the molecule is CNC(c1ccc(C2CCC2)cc1)c1ccc(C)o1. The molecular formula is C17H21NO. The first-order chi connectivity index (χ1) is 9.28. The predicted molar refractivity (Wildman–Crippen MR) is 77.4 cm³/mol. The van der Waals surface area contributed by atoms with Crippen LogP contribution < -0.4 is 5.32 Å². The van der Waals surface area contributed by atoms with E-state index in [1.165, 1.54) is 30.4 Å². The van der Waals surface area contributed by atoms with Crippen molar-refractivity contribution in [2.45, 2.75) is 38.1 Å². The van der Waals surface area contributed by atoms with Gasteiger partial charge in [-0.2, -0.15) is 0 Å². The molecule has 2 nitrogen and oxygen atoms in total. The van der Waals surface area contributed by atoms with Crippen molar-refractivity contribution >= 4 is 0 Å². The molecule has 0 aliphatic heterocycles. The Labute approximate surface area is 114 Å². The monoisotopic (exact) mass is 255 g/mol. The number of nitrogens with one attached hydrogen (secondary N) is 1. The van der Waals surface area contributed by atoms with Crippen molar-refractivity contribution in [1.82, 2.24) is 5.32 Å². The summed E-state index contributed by atoms with van der Waals surface area (Å²) in [7, 11) is 1.97. The molecule has 2 aromatic rings. The Balaban J connectivity index is 1.83. The highest BCUT2D eigenvalue weighted by atomic mass is 16.3. The first-order valence-corrected chi connectivity index (χ1v) is 7.11. The van der Waals surface area contributed by atoms with Gasteiger partial charge >= 0.3 is 0 Å². The number of rotatable bonds is 4. The molecule has 1 aliphatic carbocycles. The molecule has 1 aromatic carbocycles. The van der Waals surface area contributed by atoms with Crippen molar-refractivity contribution in [3.05, 3.63) is 59.0 Å². The third kappa shape index (κ3) is 2.45. The maximum Gasteiger partial charge on any atom is 0.125 e. The lowest BCUT2D eigenvalue weighted by atomic mass is 9.80. The summed E-state index contributed by atoms with van der Waals surface area (Å²) in [4.78, 5) is 0. The Morgan fingerprint density at radius 3 is 2.32 bits per heavy atom. The Morgan fingerprint density at radius 2 is 1.84 bits per heavy atom. The Hall–Kier alpha value is -1.54. The van der Waals surface area contributed by atoms with Gasteiger partial charge in [-0.3, -0.25) is 0 Å². The first-order valence-electron chi connectivity index (χ1n) is 7.11. The summed E-state index contributed by atoms with van der Waals surface area (Å²) in [6.45, 7) is 1.98. The molecule has 1 atom stereocenters. The van der Waals surface area contributed by atoms with Crippen LogP contribution in [0.25, 0.3) is 0 Å². The van der Waals surface area contributed by atoms with Crippen LogP contribution >= 0.6 is 0 Å². The van der Waals surface area contributed by atoms with Gasteiger partial charge in [-0.15, -0.1) is 0 Å². The maximum atomic E-state index is 5.74. The molecule has 19 heavy (non-hydrogen) atoms. The molecule has 100 valence electrons. The third-order valence-electron chi connectivity index (χ3n) is 4.18. The molecule has 2 heteroatoms. The summed E-state index contributed by atoms with van der Waals surface area (Å²) in [5, 5.41) is 3.33. The zero-order valence-corrected chi connectivity index (χ0v) is 11.6. The number of benzene rings is 1. The first kappa shape index (κ1) is 12.5. The highest BCUT2D eigenvalue weighted by Crippen LogP contribution is 2.36. The predicted octanol–water partition coefficient (Wildman–Crippen LogP) is 4.16. The molecule has 1 aliphatic rings. The highest BCUT2D eigenvalue weighted by Gasteiger charge is 2.20. The van der Waals surface area contributed by atoms with Crippen LogP contribution in [-0.2, 0) is 0 Å². The minimum absolute atomic E-state index is 0.143. The van der Waals surface area contributed by atoms with Crippen molar-refractivity contribution in [3.63, 3.8) is 0 Å². The third-order valence-corrected chi connectivity index (χ3v) is 4.18. The van der Waals surface area contributed by atoms with E-state index in [4.69, 9.17) is 4.42 Å². The van der Waals surface area contributed by atoms with Crippen LogP contribution in [0.3, 0.4) is 0 Å². The van der Waals surface area contributed by atoms with Gasteiger partial charge in [-0.05, 0) is 56.0 Å². The van der Waals surface area contributed by atoms with Gasteiger partial charge in [0.05, 0.1) is 6.04 Å². The standard InChI is InChI=1S/C17H21NO/c1-12-6-11-16(19-12)17(18-2)15-9-7-14(8-10-15)13-4-3-5-13/h6-11,13,17-18H,3-5H2,1-2H3. The van der Waals surface area contributed by atoms with E-state index < -0.39 is 0 Å². The second-order valence-corrected chi connectivity index (χ2v) is 5.46. The lowest BCUT2D eigenvalue weighted by Crippen LogP contribution is -2.17. The smallest absolute Gasteiger partial charge is 0.125 e. The summed E-state index contributed by atoms with van der Waals surface area (Å²) >= 11 is 0. The molecule has 1 saturated carbocycles. The molecule has 1 heterocycles. The van der Waals surface area contributed by atoms with Crippen LogP contribution in [-0.4, -0.2) is 7.05 Å². The van der Waals surface area contributed by atoms with E-state index in [9.17, 15) is 0 Å². The van der Waals surface area contributed by atoms with E-state index in [0.717, 1.165) is 17.4 Å². The van der Waals surface area contributed by atoms with E-state index in [0.29, 0.717) is 0 Å². The minimum atomic E-state index is 0.143. The van der Waals surface area contributed by atoms with Crippen LogP contribution in [0.15, 0.2) is 40.8 Å². The zero-order valence-electron chi connectivity index (χ0n) is 11.6. The van der Waals surface area contributed by atoms with Gasteiger partial charge in [-0.1, -0.05) is 30.7 Å². The molecule has 0 amide bonds. The van der Waals surface area contributed by atoms with Crippen LogP contribution in [0, 0.1) is 6.92 Å². The van der Waals surface area contributed by atoms with Gasteiger partial charge in [0.1, 0.15) is 11.5 Å². The molecule has 1 aromatic heterocycles. The van der Waals surface area contributed by atoms with E-state index in [2.05, 4.69) is 35.6 Å². The molecule has 1 fully saturated rings. The fourth-order valence-electron chi connectivity index (χ4n) is 2.78. The van der Waals surface area contributed by atoms with Crippen molar-refractivity contribution in [1.29, 1.82) is 0 Å². The second-order valence-electron chi connectivity index (χ2n) is 5.46. The van der Waals surface area contributed by atoms with Gasteiger partial charge in [0.25, 0.3) is 0 Å². The topological polar surface area (TPSA) is 25.2 Å². The van der Waals surface area contributed by atoms with Crippen LogP contribution in [0.5, 0.6) is 0 Å². The lowest BCUT2D eigenvalue weighted by molar-refractivity contribution is 0.419. The number of furan rings is 1. The van der Waals surface area contributed by atoms with Crippen molar-refractivity contribution in [2.24, 2.45) is 0 Å². The van der Waals surface area contributed by atoms with Crippen LogP contribution in [0.2, 0.25) is 0 Å². The van der Waals surface area contributed by atoms with Crippen molar-refractivity contribution in [2.75, 3.05) is 7.05 Å². The highest BCUT2D eigenvalue weighted by molar-refractivity contribution is 5.32. The summed E-state index contributed by atoms with van der Waals surface area (Å²) in [6.07, 6.45) is 4.09.